The smallest absolute Gasteiger partial charge is 0.350 e. The summed E-state index contributed by atoms with van der Waals surface area (Å²) in [5, 5.41) is 0. The lowest BCUT2D eigenvalue weighted by molar-refractivity contribution is 0.259. The fraction of sp³-hybridized carbons (Fsp3) is 0.588. The van der Waals surface area contributed by atoms with Gasteiger partial charge in [-0.15, -0.1) is 0 Å². The van der Waals surface area contributed by atoms with Crippen molar-refractivity contribution in [2.75, 3.05) is 23.8 Å². The molecule has 3 atom stereocenters. The summed E-state index contributed by atoms with van der Waals surface area (Å²) in [7, 11) is 0. The van der Waals surface area contributed by atoms with E-state index in [1.807, 2.05) is 0 Å². The molecular formula is C17H22F2N6O2. The molecule has 8 nitrogen and oxygen atoms in total. The summed E-state index contributed by atoms with van der Waals surface area (Å²) >= 11 is 0. The number of hydrogen-bond donors (Lipinski definition) is 2. The second kappa shape index (κ2) is 6.01. The maximum atomic E-state index is 14.9. The number of nitrogens with zero attached hydrogens (tertiary/aromatic N) is 4. The Kier molecular flexibility index (Phi) is 3.99. The van der Waals surface area contributed by atoms with Crippen molar-refractivity contribution >= 4 is 16.7 Å². The summed E-state index contributed by atoms with van der Waals surface area (Å²) in [6.07, 6.45) is 0.340. The molecule has 1 aliphatic carbocycles. The van der Waals surface area contributed by atoms with Gasteiger partial charge in [0.15, 0.2) is 5.52 Å². The van der Waals surface area contributed by atoms with Crippen LogP contribution in [0.2, 0.25) is 0 Å². The van der Waals surface area contributed by atoms with E-state index in [4.69, 9.17) is 11.6 Å². The van der Waals surface area contributed by atoms with E-state index in [0.29, 0.717) is 10.2 Å². The minimum absolute atomic E-state index is 0.0151. The first-order chi connectivity index (χ1) is 12.7. The summed E-state index contributed by atoms with van der Waals surface area (Å²) in [5.74, 6) is 4.27. The van der Waals surface area contributed by atoms with Gasteiger partial charge >= 0.3 is 11.2 Å². The molecule has 2 aromatic heterocycles. The lowest BCUT2D eigenvalue weighted by Gasteiger charge is -2.23. The van der Waals surface area contributed by atoms with Gasteiger partial charge in [-0.25, -0.2) is 14.2 Å². The highest BCUT2D eigenvalue weighted by Gasteiger charge is 2.38. The Morgan fingerprint density at radius 2 is 1.93 bits per heavy atom. The third-order valence-corrected chi connectivity index (χ3v) is 5.61. The average Bonchev–Trinajstić information content (AvgIpc) is 3.36. The van der Waals surface area contributed by atoms with E-state index in [1.54, 1.807) is 18.7 Å². The normalized spacial score (nSPS) is 24.0. The van der Waals surface area contributed by atoms with Crippen molar-refractivity contribution in [1.29, 1.82) is 0 Å². The molecule has 0 radical (unpaired) electrons. The molecule has 4 N–H and O–H groups in total. The van der Waals surface area contributed by atoms with Crippen LogP contribution in [0, 0.1) is 18.8 Å². The maximum absolute atomic E-state index is 14.9. The SMILES string of the molecule is Cc1c(N2CC(F)C(C(C)N)C2)c(F)nc2c(=O)n(N)c(=O)n(C3CC3)c12. The lowest BCUT2D eigenvalue weighted by Crippen LogP contribution is -2.45. The number of rotatable bonds is 3. The highest BCUT2D eigenvalue weighted by atomic mass is 19.1. The van der Waals surface area contributed by atoms with Gasteiger partial charge in [-0.2, -0.15) is 9.07 Å². The van der Waals surface area contributed by atoms with Crippen LogP contribution in [-0.2, 0) is 0 Å². The number of nitrogen functional groups attached to an aromatic ring is 1. The van der Waals surface area contributed by atoms with Gasteiger partial charge in [-0.1, -0.05) is 0 Å². The minimum atomic E-state index is -1.19. The van der Waals surface area contributed by atoms with Gasteiger partial charge in [0.2, 0.25) is 5.95 Å². The van der Waals surface area contributed by atoms with E-state index in [1.165, 1.54) is 4.57 Å². The highest BCUT2D eigenvalue weighted by molar-refractivity contribution is 5.83. The largest absolute Gasteiger partial charge is 0.364 e. The van der Waals surface area contributed by atoms with Crippen LogP contribution in [0.3, 0.4) is 0 Å². The molecule has 2 aromatic rings. The fourth-order valence-electron chi connectivity index (χ4n) is 4.01. The van der Waals surface area contributed by atoms with Gasteiger partial charge in [0.1, 0.15) is 6.17 Å². The van der Waals surface area contributed by atoms with E-state index in [-0.39, 0.29) is 41.9 Å². The zero-order valence-corrected chi connectivity index (χ0v) is 15.2. The van der Waals surface area contributed by atoms with Crippen molar-refractivity contribution in [1.82, 2.24) is 14.2 Å². The van der Waals surface area contributed by atoms with Gasteiger partial charge in [-0.3, -0.25) is 9.36 Å². The van der Waals surface area contributed by atoms with Crippen molar-refractivity contribution in [3.05, 3.63) is 32.3 Å². The Labute approximate surface area is 153 Å². The summed E-state index contributed by atoms with van der Waals surface area (Å²) in [6.45, 7) is 3.56. The molecule has 0 amide bonds. The number of pyridine rings is 1. The Hall–Kier alpha value is -2.49. The molecule has 1 saturated heterocycles. The first-order valence-corrected chi connectivity index (χ1v) is 8.99. The van der Waals surface area contributed by atoms with Crippen molar-refractivity contribution < 1.29 is 8.78 Å². The average molecular weight is 380 g/mol. The number of aromatic nitrogens is 3. The monoisotopic (exact) mass is 380 g/mol. The number of halogens is 2. The topological polar surface area (TPSA) is 112 Å². The molecule has 0 spiro atoms. The first kappa shape index (κ1) is 17.9. The number of nitrogens with two attached hydrogens (primary N) is 2. The molecule has 27 heavy (non-hydrogen) atoms. The van der Waals surface area contributed by atoms with Gasteiger partial charge in [0.25, 0.3) is 0 Å². The molecule has 1 aliphatic heterocycles. The van der Waals surface area contributed by atoms with E-state index >= 15 is 0 Å². The molecule has 0 bridgehead atoms. The fourth-order valence-corrected chi connectivity index (χ4v) is 4.01. The predicted octanol–water partition coefficient (Wildman–Crippen LogP) is 0.176. The van der Waals surface area contributed by atoms with E-state index in [2.05, 4.69) is 4.98 Å². The molecule has 10 heteroatoms. The van der Waals surface area contributed by atoms with Gasteiger partial charge in [0.05, 0.1) is 11.2 Å². The molecular weight excluding hydrogens is 358 g/mol. The van der Waals surface area contributed by atoms with Crippen LogP contribution >= 0.6 is 0 Å². The van der Waals surface area contributed by atoms with E-state index in [0.717, 1.165) is 12.8 Å². The van der Waals surface area contributed by atoms with Crippen molar-refractivity contribution in [3.63, 3.8) is 0 Å². The van der Waals surface area contributed by atoms with Crippen LogP contribution in [0.4, 0.5) is 14.5 Å². The molecule has 1 saturated carbocycles. The Morgan fingerprint density at radius 3 is 2.48 bits per heavy atom. The second-order valence-electron chi connectivity index (χ2n) is 7.58. The number of fused-ring (bicyclic) bond motifs is 1. The Morgan fingerprint density at radius 1 is 1.26 bits per heavy atom. The van der Waals surface area contributed by atoms with Gasteiger partial charge < -0.3 is 16.5 Å². The number of anilines is 1. The molecule has 0 aromatic carbocycles. The van der Waals surface area contributed by atoms with Crippen molar-refractivity contribution in [2.45, 2.75) is 44.9 Å². The first-order valence-electron chi connectivity index (χ1n) is 8.99. The Bertz CT molecular complexity index is 1040. The molecule has 2 fully saturated rings. The zero-order chi connectivity index (χ0) is 19.6. The second-order valence-corrected chi connectivity index (χ2v) is 7.58. The molecule has 2 aliphatic rings. The number of hydrogen-bond acceptors (Lipinski definition) is 6. The minimum Gasteiger partial charge on any atom is -0.364 e. The summed E-state index contributed by atoms with van der Waals surface area (Å²) in [5.41, 5.74) is 4.91. The zero-order valence-electron chi connectivity index (χ0n) is 15.2. The van der Waals surface area contributed by atoms with Crippen LogP contribution in [-0.4, -0.2) is 39.5 Å². The van der Waals surface area contributed by atoms with Gasteiger partial charge in [0, 0.05) is 36.7 Å². The van der Waals surface area contributed by atoms with Crippen LogP contribution in [0.15, 0.2) is 9.59 Å². The third-order valence-electron chi connectivity index (χ3n) is 5.61. The number of alkyl halides is 1. The molecule has 4 rings (SSSR count). The summed E-state index contributed by atoms with van der Waals surface area (Å²) in [4.78, 5) is 30.3. The van der Waals surface area contributed by atoms with Crippen molar-refractivity contribution in [3.8, 4) is 0 Å². The van der Waals surface area contributed by atoms with E-state index in [9.17, 15) is 18.4 Å². The predicted molar refractivity (Wildman–Crippen MR) is 97.6 cm³/mol. The van der Waals surface area contributed by atoms with E-state index < -0.39 is 29.3 Å². The van der Waals surface area contributed by atoms with Crippen LogP contribution < -0.4 is 27.7 Å². The summed E-state index contributed by atoms with van der Waals surface area (Å²) in [6, 6.07) is -0.477. The van der Waals surface area contributed by atoms with Gasteiger partial charge in [-0.05, 0) is 26.7 Å². The summed E-state index contributed by atoms with van der Waals surface area (Å²) < 4.78 is 31.1. The molecule has 3 unspecified atom stereocenters. The van der Waals surface area contributed by atoms with Crippen LogP contribution in [0.25, 0.3) is 11.0 Å². The molecule has 146 valence electrons. The maximum Gasteiger partial charge on any atom is 0.350 e. The van der Waals surface area contributed by atoms with Crippen molar-refractivity contribution in [2.24, 2.45) is 11.7 Å². The third kappa shape index (κ3) is 2.61. The lowest BCUT2D eigenvalue weighted by atomic mass is 10.0. The standard InChI is InChI=1S/C17H22F2N6O2/c1-7-13-12(16(26)25(21)17(27)24(13)9-3-4-9)22-15(19)14(7)23-5-10(8(2)20)11(18)6-23/h8-11H,3-6,20-21H2,1-2H3. The molecule has 3 heterocycles. The Balaban J connectivity index is 1.97. The highest BCUT2D eigenvalue weighted by Crippen LogP contribution is 2.38. The van der Waals surface area contributed by atoms with Crippen LogP contribution in [0.1, 0.15) is 31.4 Å². The quantitative estimate of drug-likeness (QED) is 0.580. The number of aryl methyl sites for hydroxylation is 1. The van der Waals surface area contributed by atoms with Crippen LogP contribution in [0.5, 0.6) is 0 Å².